The summed E-state index contributed by atoms with van der Waals surface area (Å²) in [4.78, 5) is 17.5. The summed E-state index contributed by atoms with van der Waals surface area (Å²) in [6.45, 7) is 4.51. The maximum atomic E-state index is 12.8. The van der Waals surface area contributed by atoms with Crippen molar-refractivity contribution in [2.45, 2.75) is 26.2 Å². The van der Waals surface area contributed by atoms with Gasteiger partial charge in [-0.15, -0.1) is 0 Å². The molecule has 4 aromatic rings. The number of hydrogen-bond acceptors (Lipinski definition) is 7. The van der Waals surface area contributed by atoms with Crippen molar-refractivity contribution >= 4 is 33.3 Å². The molecule has 0 aliphatic carbocycles. The van der Waals surface area contributed by atoms with E-state index in [-0.39, 0.29) is 11.8 Å². The molecule has 5 rings (SSSR count). The van der Waals surface area contributed by atoms with Gasteiger partial charge in [0.2, 0.25) is 11.0 Å². The highest BCUT2D eigenvalue weighted by molar-refractivity contribution is 7.20. The number of aryl methyl sites for hydroxylation is 1. The highest BCUT2D eigenvalue weighted by Gasteiger charge is 2.35. The number of para-hydroxylation sites is 1. The van der Waals surface area contributed by atoms with Gasteiger partial charge in [0.15, 0.2) is 11.5 Å². The predicted octanol–water partition coefficient (Wildman–Crippen LogP) is 4.68. The fourth-order valence-corrected chi connectivity index (χ4v) is 5.33. The van der Waals surface area contributed by atoms with Crippen LogP contribution >= 0.6 is 11.3 Å². The Bertz CT molecular complexity index is 1360. The zero-order chi connectivity index (χ0) is 23.1. The van der Waals surface area contributed by atoms with Crippen molar-refractivity contribution in [2.75, 3.05) is 26.1 Å². The number of fused-ring (bicyclic) bond motifs is 2. The molecule has 0 saturated heterocycles. The summed E-state index contributed by atoms with van der Waals surface area (Å²) in [5.41, 5.74) is 3.53. The summed E-state index contributed by atoms with van der Waals surface area (Å²) in [5, 5.41) is 8.47. The first-order valence-electron chi connectivity index (χ1n) is 10.7. The predicted molar refractivity (Wildman–Crippen MR) is 127 cm³/mol. The molecule has 0 fully saturated rings. The molecule has 2 aromatic heterocycles. The molecule has 1 N–H and O–H groups in total. The lowest BCUT2D eigenvalue weighted by Crippen LogP contribution is -2.25. The largest absolute Gasteiger partial charge is 0.494 e. The summed E-state index contributed by atoms with van der Waals surface area (Å²) in [5.74, 6) is 2.40. The number of methoxy groups -OCH3 is 2. The molecule has 0 spiro atoms. The number of hydrogen-bond donors (Lipinski definition) is 1. The van der Waals surface area contributed by atoms with Crippen LogP contribution in [0.4, 0.5) is 5.82 Å². The Morgan fingerprint density at radius 3 is 2.82 bits per heavy atom. The first kappa shape index (κ1) is 21.3. The third kappa shape index (κ3) is 3.58. The van der Waals surface area contributed by atoms with Crippen LogP contribution in [0.2, 0.25) is 0 Å². The third-order valence-electron chi connectivity index (χ3n) is 5.75. The Hall–Kier alpha value is -3.59. The smallest absolute Gasteiger partial charge is 0.226 e. The lowest BCUT2D eigenvalue weighted by Gasteiger charge is -2.26. The molecule has 0 bridgehead atoms. The van der Waals surface area contributed by atoms with Crippen molar-refractivity contribution in [3.63, 3.8) is 0 Å². The van der Waals surface area contributed by atoms with Crippen molar-refractivity contribution in [1.82, 2.24) is 14.8 Å². The van der Waals surface area contributed by atoms with Crippen LogP contribution in [-0.2, 0) is 4.79 Å². The number of benzene rings is 2. The van der Waals surface area contributed by atoms with Gasteiger partial charge in [0, 0.05) is 23.5 Å². The summed E-state index contributed by atoms with van der Waals surface area (Å²) >= 11 is 1.50. The number of carbonyl (C=O) groups excluding carboxylic acids is 1. The van der Waals surface area contributed by atoms with E-state index < -0.39 is 0 Å². The lowest BCUT2D eigenvalue weighted by atomic mass is 9.85. The third-order valence-corrected chi connectivity index (χ3v) is 6.75. The maximum absolute atomic E-state index is 12.8. The Balaban J connectivity index is 1.64. The molecular weight excluding hydrogens is 440 g/mol. The highest BCUT2D eigenvalue weighted by atomic mass is 32.1. The number of nitrogens with zero attached hydrogens (tertiary/aromatic N) is 3. The number of aromatic nitrogens is 3. The summed E-state index contributed by atoms with van der Waals surface area (Å²) in [6.07, 6.45) is 0.292. The zero-order valence-electron chi connectivity index (χ0n) is 18.8. The number of anilines is 1. The van der Waals surface area contributed by atoms with Crippen LogP contribution in [0.15, 0.2) is 36.4 Å². The van der Waals surface area contributed by atoms with Crippen molar-refractivity contribution < 1.29 is 19.0 Å². The lowest BCUT2D eigenvalue weighted by molar-refractivity contribution is -0.116. The molecule has 1 atom stereocenters. The molecule has 8 nitrogen and oxygen atoms in total. The number of ether oxygens (including phenoxy) is 3. The van der Waals surface area contributed by atoms with E-state index in [1.54, 1.807) is 18.9 Å². The molecule has 33 heavy (non-hydrogen) atoms. The minimum atomic E-state index is -0.216. The summed E-state index contributed by atoms with van der Waals surface area (Å²) in [6, 6.07) is 11.5. The number of amides is 1. The van der Waals surface area contributed by atoms with Crippen LogP contribution < -0.4 is 19.5 Å². The Labute approximate surface area is 195 Å². The maximum Gasteiger partial charge on any atom is 0.226 e. The second kappa shape index (κ2) is 8.40. The van der Waals surface area contributed by atoms with Gasteiger partial charge in [-0.25, -0.2) is 4.98 Å². The van der Waals surface area contributed by atoms with Gasteiger partial charge in [0.05, 0.1) is 36.7 Å². The van der Waals surface area contributed by atoms with E-state index in [0.29, 0.717) is 35.5 Å². The summed E-state index contributed by atoms with van der Waals surface area (Å²) < 4.78 is 19.5. The van der Waals surface area contributed by atoms with Crippen LogP contribution in [0.1, 0.15) is 36.1 Å². The molecule has 170 valence electrons. The van der Waals surface area contributed by atoms with E-state index in [1.807, 2.05) is 50.2 Å². The zero-order valence-corrected chi connectivity index (χ0v) is 19.7. The second-order valence-electron chi connectivity index (χ2n) is 7.71. The molecule has 1 amide bonds. The van der Waals surface area contributed by atoms with Gasteiger partial charge >= 0.3 is 0 Å². The van der Waals surface area contributed by atoms with E-state index in [4.69, 9.17) is 24.3 Å². The number of thiazole rings is 1. The summed E-state index contributed by atoms with van der Waals surface area (Å²) in [7, 11) is 3.22. The quantitative estimate of drug-likeness (QED) is 0.446. The fourth-order valence-electron chi connectivity index (χ4n) is 4.38. The van der Waals surface area contributed by atoms with Crippen LogP contribution in [0.3, 0.4) is 0 Å². The van der Waals surface area contributed by atoms with Gasteiger partial charge in [-0.3, -0.25) is 4.79 Å². The van der Waals surface area contributed by atoms with E-state index in [1.165, 1.54) is 11.3 Å². The van der Waals surface area contributed by atoms with Crippen LogP contribution in [0.25, 0.3) is 15.3 Å². The van der Waals surface area contributed by atoms with Crippen LogP contribution in [-0.4, -0.2) is 41.5 Å². The van der Waals surface area contributed by atoms with Crippen molar-refractivity contribution in [1.29, 1.82) is 0 Å². The molecule has 3 heterocycles. The molecule has 0 saturated carbocycles. The van der Waals surface area contributed by atoms with Gasteiger partial charge in [-0.1, -0.05) is 23.5 Å². The fraction of sp³-hybridized carbons (Fsp3) is 0.292. The molecular formula is C24H24N4O4S. The highest BCUT2D eigenvalue weighted by Crippen LogP contribution is 2.46. The Morgan fingerprint density at radius 1 is 1.21 bits per heavy atom. The first-order valence-corrected chi connectivity index (χ1v) is 11.5. The van der Waals surface area contributed by atoms with Crippen LogP contribution in [0, 0.1) is 6.92 Å². The van der Waals surface area contributed by atoms with Crippen LogP contribution in [0.5, 0.6) is 17.2 Å². The molecule has 1 aliphatic heterocycles. The second-order valence-corrected chi connectivity index (χ2v) is 8.72. The number of nitrogens with one attached hydrogen (secondary N) is 1. The molecule has 0 radical (unpaired) electrons. The Morgan fingerprint density at radius 2 is 2.06 bits per heavy atom. The van der Waals surface area contributed by atoms with Gasteiger partial charge in [-0.05, 0) is 38.1 Å². The van der Waals surface area contributed by atoms with E-state index in [2.05, 4.69) is 5.32 Å². The minimum Gasteiger partial charge on any atom is -0.494 e. The minimum absolute atomic E-state index is 0.0849. The normalized spacial score (nSPS) is 15.3. The standard InChI is InChI=1S/C24H24N4O4S/c1-5-32-14-9-10-17-19(11-14)33-24(25-17)28-23-21(13(2)27-28)16(12-20(29)26-23)15-7-6-8-18(30-3)22(15)31-4/h6-11,16H,5,12H2,1-4H3,(H,26,29)/t16-/m0/s1. The Kier molecular flexibility index (Phi) is 5.41. The molecule has 0 unspecified atom stereocenters. The van der Waals surface area contributed by atoms with Gasteiger partial charge < -0.3 is 19.5 Å². The van der Waals surface area contributed by atoms with Gasteiger partial charge in [-0.2, -0.15) is 9.78 Å². The molecule has 1 aliphatic rings. The van der Waals surface area contributed by atoms with Crippen molar-refractivity contribution in [2.24, 2.45) is 0 Å². The monoisotopic (exact) mass is 464 g/mol. The number of rotatable bonds is 6. The average molecular weight is 465 g/mol. The van der Waals surface area contributed by atoms with E-state index in [9.17, 15) is 4.79 Å². The van der Waals surface area contributed by atoms with Crippen molar-refractivity contribution in [3.8, 4) is 22.4 Å². The average Bonchev–Trinajstić information content (AvgIpc) is 3.38. The van der Waals surface area contributed by atoms with Gasteiger partial charge in [0.25, 0.3) is 0 Å². The molecule has 9 heteroatoms. The van der Waals surface area contributed by atoms with E-state index in [0.717, 1.165) is 32.8 Å². The SMILES string of the molecule is CCOc1ccc2nc(-n3nc(C)c4c3NC(=O)C[C@H]4c3cccc(OC)c3OC)sc2c1. The van der Waals surface area contributed by atoms with E-state index >= 15 is 0 Å². The van der Waals surface area contributed by atoms with Crippen molar-refractivity contribution in [3.05, 3.63) is 53.2 Å². The first-order chi connectivity index (χ1) is 16.0. The molecule has 2 aromatic carbocycles. The topological polar surface area (TPSA) is 87.5 Å². The van der Waals surface area contributed by atoms with Gasteiger partial charge in [0.1, 0.15) is 11.6 Å². The number of carbonyl (C=O) groups is 1.